The van der Waals surface area contributed by atoms with Gasteiger partial charge in [0.2, 0.25) is 5.91 Å². The standard InChI is InChI=1S/C28H37ClN2O4/c1-16-5-9-22(21(29)11-16)30-23(32)14-19(8-10-24(33)34)26-25(18-6-7-18)27(35-31-26)20-12-17(13-20)15-28(2,3)4/h5,9,11,17-20H,6-8,10,12-15H2,1-4H3,(H,30,32)(H,33,34)/t17-,19-,20-/m0/s1. The molecule has 35 heavy (non-hydrogen) atoms. The monoisotopic (exact) mass is 500 g/mol. The molecule has 190 valence electrons. The quantitative estimate of drug-likeness (QED) is 0.354. The summed E-state index contributed by atoms with van der Waals surface area (Å²) in [5.41, 5.74) is 3.82. The molecule has 2 aromatic rings. The number of hydrogen-bond donors (Lipinski definition) is 2. The van der Waals surface area contributed by atoms with Crippen molar-refractivity contribution >= 4 is 29.2 Å². The molecule has 2 N–H and O–H groups in total. The van der Waals surface area contributed by atoms with Gasteiger partial charge in [-0.15, -0.1) is 0 Å². The van der Waals surface area contributed by atoms with Gasteiger partial charge in [0.1, 0.15) is 5.76 Å². The number of nitrogens with zero attached hydrogens (tertiary/aromatic N) is 1. The van der Waals surface area contributed by atoms with Crippen molar-refractivity contribution < 1.29 is 19.2 Å². The smallest absolute Gasteiger partial charge is 0.303 e. The van der Waals surface area contributed by atoms with Gasteiger partial charge in [-0.2, -0.15) is 0 Å². The largest absolute Gasteiger partial charge is 0.481 e. The van der Waals surface area contributed by atoms with Gasteiger partial charge in [-0.3, -0.25) is 9.59 Å². The molecule has 1 aromatic carbocycles. The summed E-state index contributed by atoms with van der Waals surface area (Å²) < 4.78 is 5.95. The van der Waals surface area contributed by atoms with Crippen LogP contribution in [0.3, 0.4) is 0 Å². The van der Waals surface area contributed by atoms with E-state index in [0.717, 1.165) is 48.3 Å². The summed E-state index contributed by atoms with van der Waals surface area (Å²) in [4.78, 5) is 24.4. The summed E-state index contributed by atoms with van der Waals surface area (Å²) in [6, 6.07) is 5.49. The van der Waals surface area contributed by atoms with Crippen molar-refractivity contribution in [2.45, 2.75) is 96.8 Å². The molecule has 2 aliphatic rings. The second-order valence-corrected chi connectivity index (χ2v) is 12.2. The molecule has 6 nitrogen and oxygen atoms in total. The molecule has 7 heteroatoms. The molecule has 0 bridgehead atoms. The molecule has 0 unspecified atom stereocenters. The topological polar surface area (TPSA) is 92.4 Å². The maximum atomic E-state index is 13.0. The molecule has 0 spiro atoms. The highest BCUT2D eigenvalue weighted by Gasteiger charge is 2.42. The lowest BCUT2D eigenvalue weighted by Crippen LogP contribution is -2.26. The molecule has 1 amide bonds. The molecule has 4 rings (SSSR count). The minimum absolute atomic E-state index is 0.0212. The molecule has 2 saturated carbocycles. The first-order valence-electron chi connectivity index (χ1n) is 12.8. The fraction of sp³-hybridized carbons (Fsp3) is 0.607. The maximum absolute atomic E-state index is 13.0. The Bertz CT molecular complexity index is 1080. The number of carbonyl (C=O) groups excluding carboxylic acids is 1. The van der Waals surface area contributed by atoms with Gasteiger partial charge in [0, 0.05) is 30.2 Å². The van der Waals surface area contributed by atoms with Crippen LogP contribution in [0.5, 0.6) is 0 Å². The SMILES string of the molecule is Cc1ccc(NC(=O)C[C@H](CCC(=O)O)c2noc([C@H]3C[C@H](CC(C)(C)C)C3)c2C2CC2)c(Cl)c1. The molecule has 2 aliphatic carbocycles. The third-order valence-electron chi connectivity index (χ3n) is 7.20. The van der Waals surface area contributed by atoms with Crippen molar-refractivity contribution in [3.05, 3.63) is 45.8 Å². The van der Waals surface area contributed by atoms with Crippen LogP contribution in [0.25, 0.3) is 0 Å². The number of carboxylic acids is 1. The Kier molecular flexibility index (Phi) is 7.60. The van der Waals surface area contributed by atoms with Crippen LogP contribution >= 0.6 is 11.6 Å². The number of halogens is 1. The zero-order chi connectivity index (χ0) is 25.3. The van der Waals surface area contributed by atoms with Gasteiger partial charge in [0.25, 0.3) is 0 Å². The van der Waals surface area contributed by atoms with Crippen LogP contribution in [0, 0.1) is 18.3 Å². The number of carbonyl (C=O) groups is 2. The van der Waals surface area contributed by atoms with Crippen LogP contribution in [0.15, 0.2) is 22.7 Å². The second-order valence-electron chi connectivity index (χ2n) is 11.8. The molecular weight excluding hydrogens is 464 g/mol. The highest BCUT2D eigenvalue weighted by Crippen LogP contribution is 2.53. The number of hydrogen-bond acceptors (Lipinski definition) is 4. The van der Waals surface area contributed by atoms with Crippen molar-refractivity contribution in [1.82, 2.24) is 5.16 Å². The molecular formula is C28H37ClN2O4. The number of aryl methyl sites for hydroxylation is 1. The van der Waals surface area contributed by atoms with E-state index in [9.17, 15) is 14.7 Å². The number of benzene rings is 1. The Labute approximate surface area is 212 Å². The average Bonchev–Trinajstić information content (AvgIpc) is 3.47. The summed E-state index contributed by atoms with van der Waals surface area (Å²) >= 11 is 6.30. The van der Waals surface area contributed by atoms with Crippen LogP contribution in [-0.4, -0.2) is 22.1 Å². The fourth-order valence-corrected chi connectivity index (χ4v) is 5.74. The first-order valence-corrected chi connectivity index (χ1v) is 13.1. The zero-order valence-corrected chi connectivity index (χ0v) is 22.0. The molecule has 0 aliphatic heterocycles. The van der Waals surface area contributed by atoms with E-state index in [0.29, 0.717) is 40.3 Å². The predicted molar refractivity (Wildman–Crippen MR) is 137 cm³/mol. The minimum atomic E-state index is -0.877. The molecule has 1 atom stereocenters. The Morgan fingerprint density at radius 2 is 1.94 bits per heavy atom. The van der Waals surface area contributed by atoms with E-state index in [-0.39, 0.29) is 24.7 Å². The number of aromatic nitrogens is 1. The van der Waals surface area contributed by atoms with Crippen LogP contribution in [0.4, 0.5) is 5.69 Å². The summed E-state index contributed by atoms with van der Waals surface area (Å²) in [6.45, 7) is 8.79. The number of rotatable bonds is 10. The van der Waals surface area contributed by atoms with Gasteiger partial charge in [-0.1, -0.05) is 43.6 Å². The second kappa shape index (κ2) is 10.3. The van der Waals surface area contributed by atoms with Gasteiger partial charge in [0.15, 0.2) is 0 Å². The van der Waals surface area contributed by atoms with Gasteiger partial charge in [-0.05, 0) is 80.4 Å². The van der Waals surface area contributed by atoms with Crippen molar-refractivity contribution in [3.63, 3.8) is 0 Å². The Morgan fingerprint density at radius 1 is 1.23 bits per heavy atom. The molecule has 1 heterocycles. The van der Waals surface area contributed by atoms with Crippen molar-refractivity contribution in [3.8, 4) is 0 Å². The van der Waals surface area contributed by atoms with E-state index < -0.39 is 5.97 Å². The van der Waals surface area contributed by atoms with E-state index in [1.54, 1.807) is 12.1 Å². The number of amides is 1. The predicted octanol–water partition coefficient (Wildman–Crippen LogP) is 7.42. The van der Waals surface area contributed by atoms with Crippen LogP contribution in [0.2, 0.25) is 5.02 Å². The lowest BCUT2D eigenvalue weighted by Gasteiger charge is -2.38. The zero-order valence-electron chi connectivity index (χ0n) is 21.2. The summed E-state index contributed by atoms with van der Waals surface area (Å²) in [7, 11) is 0. The molecule has 2 fully saturated rings. The van der Waals surface area contributed by atoms with Gasteiger partial charge in [-0.25, -0.2) is 0 Å². The summed E-state index contributed by atoms with van der Waals surface area (Å²) in [5, 5.41) is 17.2. The van der Waals surface area contributed by atoms with E-state index >= 15 is 0 Å². The first kappa shape index (κ1) is 25.7. The first-order chi connectivity index (χ1) is 16.5. The van der Waals surface area contributed by atoms with E-state index in [1.165, 1.54) is 6.42 Å². The summed E-state index contributed by atoms with van der Waals surface area (Å²) in [6.07, 6.45) is 6.06. The maximum Gasteiger partial charge on any atom is 0.303 e. The molecule has 1 aromatic heterocycles. The Hall–Kier alpha value is -2.34. The van der Waals surface area contributed by atoms with E-state index in [2.05, 4.69) is 31.2 Å². The highest BCUT2D eigenvalue weighted by atomic mass is 35.5. The summed E-state index contributed by atoms with van der Waals surface area (Å²) in [5.74, 6) is 1.08. The van der Waals surface area contributed by atoms with Crippen molar-refractivity contribution in [1.29, 1.82) is 0 Å². The third kappa shape index (κ3) is 6.66. The van der Waals surface area contributed by atoms with Gasteiger partial charge in [0.05, 0.1) is 16.4 Å². The Balaban J connectivity index is 1.51. The number of anilines is 1. The molecule has 0 radical (unpaired) electrons. The lowest BCUT2D eigenvalue weighted by molar-refractivity contribution is -0.137. The van der Waals surface area contributed by atoms with Crippen molar-refractivity contribution in [2.75, 3.05) is 5.32 Å². The number of aliphatic carboxylic acids is 1. The van der Waals surface area contributed by atoms with Crippen molar-refractivity contribution in [2.24, 2.45) is 11.3 Å². The third-order valence-corrected chi connectivity index (χ3v) is 7.51. The van der Waals surface area contributed by atoms with Crippen LogP contribution < -0.4 is 5.32 Å². The number of carboxylic acid groups (broad SMARTS) is 1. The van der Waals surface area contributed by atoms with Crippen LogP contribution in [-0.2, 0) is 9.59 Å². The molecule has 0 saturated heterocycles. The van der Waals surface area contributed by atoms with Gasteiger partial charge >= 0.3 is 5.97 Å². The Morgan fingerprint density at radius 3 is 2.54 bits per heavy atom. The normalized spacial score (nSPS) is 20.8. The number of nitrogens with one attached hydrogen (secondary N) is 1. The average molecular weight is 501 g/mol. The van der Waals surface area contributed by atoms with E-state index in [1.807, 2.05) is 13.0 Å². The lowest BCUT2D eigenvalue weighted by atomic mass is 9.66. The minimum Gasteiger partial charge on any atom is -0.481 e. The fourth-order valence-electron chi connectivity index (χ4n) is 5.46. The van der Waals surface area contributed by atoms with E-state index in [4.69, 9.17) is 16.1 Å². The van der Waals surface area contributed by atoms with Gasteiger partial charge < -0.3 is 14.9 Å². The van der Waals surface area contributed by atoms with Crippen LogP contribution in [0.1, 0.15) is 112 Å². The highest BCUT2D eigenvalue weighted by molar-refractivity contribution is 6.33.